The molecule has 3 nitrogen and oxygen atoms in total. The third kappa shape index (κ3) is 2.39. The van der Waals surface area contributed by atoms with Gasteiger partial charge in [0.05, 0.1) is 6.04 Å². The van der Waals surface area contributed by atoms with Crippen LogP contribution in [0.4, 0.5) is 0 Å². The van der Waals surface area contributed by atoms with Crippen LogP contribution in [0, 0.1) is 5.41 Å². The average Bonchev–Trinajstić information content (AvgIpc) is 2.68. The van der Waals surface area contributed by atoms with Gasteiger partial charge in [-0.05, 0) is 24.7 Å². The summed E-state index contributed by atoms with van der Waals surface area (Å²) in [6, 6.07) is 0.119. The zero-order valence-corrected chi connectivity index (χ0v) is 11.2. The van der Waals surface area contributed by atoms with Crippen LogP contribution in [0.25, 0.3) is 0 Å². The number of hydrogen-bond donors (Lipinski definition) is 1. The van der Waals surface area contributed by atoms with Crippen LogP contribution >= 0.6 is 0 Å². The summed E-state index contributed by atoms with van der Waals surface area (Å²) >= 11 is 0. The van der Waals surface area contributed by atoms with Crippen molar-refractivity contribution in [2.24, 2.45) is 18.2 Å². The number of nitrogens with two attached hydrogens (primary N) is 1. The maximum absolute atomic E-state index is 6.48. The van der Waals surface area contributed by atoms with Crippen molar-refractivity contribution < 1.29 is 0 Å². The van der Waals surface area contributed by atoms with E-state index < -0.39 is 0 Å². The van der Waals surface area contributed by atoms with Gasteiger partial charge in [-0.3, -0.25) is 0 Å². The molecule has 3 heteroatoms. The molecule has 1 heterocycles. The minimum absolute atomic E-state index is 0.119. The summed E-state index contributed by atoms with van der Waals surface area (Å²) < 4.78 is 2.07. The lowest BCUT2D eigenvalue weighted by Crippen LogP contribution is -2.41. The molecule has 0 bridgehead atoms. The lowest BCUT2D eigenvalue weighted by molar-refractivity contribution is 0.0726. The molecule has 1 fully saturated rings. The Morgan fingerprint density at radius 1 is 1.47 bits per heavy atom. The van der Waals surface area contributed by atoms with Crippen molar-refractivity contribution in [1.82, 2.24) is 9.55 Å². The van der Waals surface area contributed by atoms with E-state index in [0.717, 1.165) is 5.82 Å². The van der Waals surface area contributed by atoms with Gasteiger partial charge < -0.3 is 10.3 Å². The predicted molar refractivity (Wildman–Crippen MR) is 70.6 cm³/mol. The third-order valence-corrected chi connectivity index (χ3v) is 4.42. The molecule has 17 heavy (non-hydrogen) atoms. The van der Waals surface area contributed by atoms with Crippen LogP contribution in [0.2, 0.25) is 0 Å². The Kier molecular flexibility index (Phi) is 3.87. The van der Waals surface area contributed by atoms with Crippen LogP contribution in [0.3, 0.4) is 0 Å². The van der Waals surface area contributed by atoms with Gasteiger partial charge in [-0.25, -0.2) is 4.98 Å². The van der Waals surface area contributed by atoms with E-state index in [1.165, 1.54) is 44.9 Å². The van der Waals surface area contributed by atoms with Crippen molar-refractivity contribution >= 4 is 0 Å². The molecule has 1 aliphatic carbocycles. The quantitative estimate of drug-likeness (QED) is 0.770. The number of hydrogen-bond acceptors (Lipinski definition) is 2. The summed E-state index contributed by atoms with van der Waals surface area (Å²) in [5, 5.41) is 0. The van der Waals surface area contributed by atoms with Crippen molar-refractivity contribution in [2.45, 2.75) is 57.9 Å². The number of rotatable bonds is 6. The fraction of sp³-hybridized carbons (Fsp3) is 0.786. The van der Waals surface area contributed by atoms with Gasteiger partial charge in [-0.15, -0.1) is 0 Å². The second kappa shape index (κ2) is 5.21. The van der Waals surface area contributed by atoms with Crippen LogP contribution in [0.15, 0.2) is 12.4 Å². The smallest absolute Gasteiger partial charge is 0.125 e. The number of unbranched alkanes of at least 4 members (excludes halogenated alkanes) is 2. The Morgan fingerprint density at radius 3 is 2.71 bits per heavy atom. The molecular formula is C14H25N3. The Bertz CT molecular complexity index is 352. The molecule has 0 aromatic carbocycles. The van der Waals surface area contributed by atoms with Crippen molar-refractivity contribution in [3.63, 3.8) is 0 Å². The summed E-state index contributed by atoms with van der Waals surface area (Å²) in [7, 11) is 2.04. The van der Waals surface area contributed by atoms with Crippen molar-refractivity contribution in [2.75, 3.05) is 0 Å². The van der Waals surface area contributed by atoms with Gasteiger partial charge in [0.2, 0.25) is 0 Å². The number of aryl methyl sites for hydroxylation is 1. The lowest BCUT2D eigenvalue weighted by atomic mass is 9.61. The van der Waals surface area contributed by atoms with Crippen LogP contribution in [-0.2, 0) is 7.05 Å². The van der Waals surface area contributed by atoms with E-state index >= 15 is 0 Å². The van der Waals surface area contributed by atoms with Crippen LogP contribution in [0.5, 0.6) is 0 Å². The first-order valence-corrected chi connectivity index (χ1v) is 6.92. The molecule has 0 spiro atoms. The number of aromatic nitrogens is 2. The topological polar surface area (TPSA) is 43.8 Å². The fourth-order valence-electron chi connectivity index (χ4n) is 3.03. The van der Waals surface area contributed by atoms with E-state index in [0.29, 0.717) is 5.41 Å². The van der Waals surface area contributed by atoms with E-state index in [1.54, 1.807) is 0 Å². The first-order chi connectivity index (χ1) is 8.19. The van der Waals surface area contributed by atoms with E-state index in [9.17, 15) is 0 Å². The Hall–Kier alpha value is -0.830. The molecule has 1 atom stereocenters. The highest BCUT2D eigenvalue weighted by Crippen LogP contribution is 2.52. The lowest BCUT2D eigenvalue weighted by Gasteiger charge is -2.46. The molecule has 2 rings (SSSR count). The van der Waals surface area contributed by atoms with E-state index in [2.05, 4.69) is 16.5 Å². The summed E-state index contributed by atoms with van der Waals surface area (Å²) in [6.45, 7) is 2.26. The van der Waals surface area contributed by atoms with Gasteiger partial charge in [0.25, 0.3) is 0 Å². The average molecular weight is 235 g/mol. The molecule has 1 saturated carbocycles. The van der Waals surface area contributed by atoms with E-state index in [1.807, 2.05) is 19.4 Å². The Morgan fingerprint density at radius 2 is 2.24 bits per heavy atom. The Balaban J connectivity index is 2.04. The maximum Gasteiger partial charge on any atom is 0.125 e. The van der Waals surface area contributed by atoms with Crippen LogP contribution in [0.1, 0.15) is 63.7 Å². The molecule has 1 aliphatic rings. The fourth-order valence-corrected chi connectivity index (χ4v) is 3.03. The highest BCUT2D eigenvalue weighted by molar-refractivity contribution is 5.07. The zero-order valence-electron chi connectivity index (χ0n) is 11.2. The minimum Gasteiger partial charge on any atom is -0.337 e. The van der Waals surface area contributed by atoms with Crippen LogP contribution < -0.4 is 5.73 Å². The molecule has 0 aliphatic heterocycles. The van der Waals surface area contributed by atoms with Gasteiger partial charge in [0.15, 0.2) is 0 Å². The van der Waals surface area contributed by atoms with E-state index in [4.69, 9.17) is 5.73 Å². The van der Waals surface area contributed by atoms with Gasteiger partial charge in [0, 0.05) is 19.4 Å². The summed E-state index contributed by atoms with van der Waals surface area (Å²) in [5.74, 6) is 1.06. The molecule has 0 amide bonds. The molecule has 0 radical (unpaired) electrons. The van der Waals surface area contributed by atoms with Crippen molar-refractivity contribution in [3.05, 3.63) is 18.2 Å². The summed E-state index contributed by atoms with van der Waals surface area (Å²) in [4.78, 5) is 4.43. The second-order valence-electron chi connectivity index (χ2n) is 5.55. The molecule has 1 aromatic heterocycles. The van der Waals surface area contributed by atoms with E-state index in [-0.39, 0.29) is 6.04 Å². The SMILES string of the molecule is CCCCCC1(C(N)c2nccn2C)CCC1. The normalized spacial score (nSPS) is 19.9. The van der Waals surface area contributed by atoms with Crippen molar-refractivity contribution in [3.8, 4) is 0 Å². The monoisotopic (exact) mass is 235 g/mol. The highest BCUT2D eigenvalue weighted by atomic mass is 15.1. The first kappa shape index (κ1) is 12.6. The first-order valence-electron chi connectivity index (χ1n) is 6.92. The maximum atomic E-state index is 6.48. The van der Waals surface area contributed by atoms with Gasteiger partial charge in [0.1, 0.15) is 5.82 Å². The second-order valence-corrected chi connectivity index (χ2v) is 5.55. The molecule has 1 unspecified atom stereocenters. The molecule has 2 N–H and O–H groups in total. The summed E-state index contributed by atoms with van der Waals surface area (Å²) in [6.07, 6.45) is 13.0. The molecule has 0 saturated heterocycles. The zero-order chi connectivity index (χ0) is 12.3. The minimum atomic E-state index is 0.119. The van der Waals surface area contributed by atoms with Crippen molar-refractivity contribution in [1.29, 1.82) is 0 Å². The third-order valence-electron chi connectivity index (χ3n) is 4.42. The highest BCUT2D eigenvalue weighted by Gasteiger charge is 2.43. The van der Waals surface area contributed by atoms with Gasteiger partial charge >= 0.3 is 0 Å². The summed E-state index contributed by atoms with van der Waals surface area (Å²) in [5.41, 5.74) is 6.82. The molecule has 96 valence electrons. The number of nitrogens with zero attached hydrogens (tertiary/aromatic N) is 2. The molecule has 1 aromatic rings. The largest absolute Gasteiger partial charge is 0.337 e. The van der Waals surface area contributed by atoms with Gasteiger partial charge in [-0.2, -0.15) is 0 Å². The van der Waals surface area contributed by atoms with Gasteiger partial charge in [-0.1, -0.05) is 32.6 Å². The standard InChI is InChI=1S/C14H25N3/c1-3-4-5-7-14(8-6-9-14)12(15)13-16-10-11-17(13)2/h10-12H,3-9,15H2,1-2H3. The Labute approximate surface area is 104 Å². The number of imidazole rings is 1. The predicted octanol–water partition coefficient (Wildman–Crippen LogP) is 3.17. The van der Waals surface area contributed by atoms with Crippen LogP contribution in [-0.4, -0.2) is 9.55 Å². The molecular weight excluding hydrogens is 210 g/mol.